The lowest BCUT2D eigenvalue weighted by molar-refractivity contribution is 1.02. The highest BCUT2D eigenvalue weighted by atomic mass is 32.2. The zero-order chi connectivity index (χ0) is 12.5. The number of fused-ring (bicyclic) bond motifs is 1. The van der Waals surface area contributed by atoms with Gasteiger partial charge in [0.15, 0.2) is 4.34 Å². The van der Waals surface area contributed by atoms with Gasteiger partial charge in [0.2, 0.25) is 5.13 Å². The molecule has 0 aliphatic rings. The molecule has 3 heterocycles. The first kappa shape index (κ1) is 11.5. The fraction of sp³-hybridized carbons (Fsp3) is 0.182. The second-order valence-corrected chi connectivity index (χ2v) is 6.08. The Bertz CT molecular complexity index is 688. The normalized spacial score (nSPS) is 11.2. The smallest absolute Gasteiger partial charge is 0.203 e. The molecule has 0 aliphatic heterocycles. The average molecular weight is 277 g/mol. The van der Waals surface area contributed by atoms with Gasteiger partial charge < -0.3 is 10.1 Å². The molecule has 3 aromatic heterocycles. The summed E-state index contributed by atoms with van der Waals surface area (Å²) >= 11 is 3.01. The number of hydrogen-bond donors (Lipinski definition) is 1. The first-order valence-corrected chi connectivity index (χ1v) is 7.17. The third kappa shape index (κ3) is 2.19. The van der Waals surface area contributed by atoms with Crippen LogP contribution in [0.4, 0.5) is 5.13 Å². The molecule has 7 heteroatoms. The van der Waals surface area contributed by atoms with Crippen molar-refractivity contribution in [3.63, 3.8) is 0 Å². The lowest BCUT2D eigenvalue weighted by Crippen LogP contribution is -1.84. The molecule has 18 heavy (non-hydrogen) atoms. The summed E-state index contributed by atoms with van der Waals surface area (Å²) in [6.07, 6.45) is 4.05. The van der Waals surface area contributed by atoms with Gasteiger partial charge in [0.1, 0.15) is 5.65 Å². The van der Waals surface area contributed by atoms with Crippen molar-refractivity contribution in [2.24, 2.45) is 0 Å². The maximum absolute atomic E-state index is 5.54. The van der Waals surface area contributed by atoms with Gasteiger partial charge in [-0.1, -0.05) is 29.2 Å². The van der Waals surface area contributed by atoms with Crippen molar-refractivity contribution in [3.8, 4) is 0 Å². The largest absolute Gasteiger partial charge is 0.374 e. The van der Waals surface area contributed by atoms with Crippen molar-refractivity contribution >= 4 is 33.9 Å². The molecule has 0 radical (unpaired) electrons. The fourth-order valence-corrected chi connectivity index (χ4v) is 3.21. The van der Waals surface area contributed by atoms with Gasteiger partial charge in [-0.3, -0.25) is 0 Å². The summed E-state index contributed by atoms with van der Waals surface area (Å²) in [7, 11) is 0. The molecule has 0 atom stereocenters. The van der Waals surface area contributed by atoms with Crippen molar-refractivity contribution in [2.45, 2.75) is 17.0 Å². The number of pyridine rings is 1. The third-order valence-electron chi connectivity index (χ3n) is 2.49. The minimum atomic E-state index is 0.503. The molecule has 0 unspecified atom stereocenters. The molecule has 0 spiro atoms. The Morgan fingerprint density at radius 2 is 2.33 bits per heavy atom. The van der Waals surface area contributed by atoms with Crippen LogP contribution in [0.25, 0.3) is 5.65 Å². The van der Waals surface area contributed by atoms with Gasteiger partial charge in [0.25, 0.3) is 0 Å². The lowest BCUT2D eigenvalue weighted by Gasteiger charge is -1.94. The number of nitrogens with zero attached hydrogens (tertiary/aromatic N) is 4. The SMILES string of the molecule is Cc1cccn2cc(CSc3nnc(N)s3)nc12. The Labute approximate surface area is 112 Å². The molecule has 0 aromatic carbocycles. The van der Waals surface area contributed by atoms with Crippen LogP contribution >= 0.6 is 23.1 Å². The number of aromatic nitrogens is 4. The van der Waals surface area contributed by atoms with E-state index in [2.05, 4.69) is 28.2 Å². The number of imidazole rings is 1. The monoisotopic (exact) mass is 277 g/mol. The maximum atomic E-state index is 5.54. The Morgan fingerprint density at radius 1 is 1.44 bits per heavy atom. The van der Waals surface area contributed by atoms with E-state index in [-0.39, 0.29) is 0 Å². The Kier molecular flexibility index (Phi) is 2.92. The first-order chi connectivity index (χ1) is 8.72. The number of nitrogens with two attached hydrogens (primary N) is 1. The van der Waals surface area contributed by atoms with Gasteiger partial charge in [0.05, 0.1) is 5.69 Å². The van der Waals surface area contributed by atoms with Crippen LogP contribution in [0.3, 0.4) is 0 Å². The van der Waals surface area contributed by atoms with Gasteiger partial charge in [-0.15, -0.1) is 10.2 Å². The number of anilines is 1. The standard InChI is InChI=1S/C11H11N5S2/c1-7-3-2-4-16-5-8(13-9(7)16)6-17-11-15-14-10(12)18-11/h2-5H,6H2,1H3,(H2,12,14). The molecule has 0 aliphatic carbocycles. The van der Waals surface area contributed by atoms with E-state index in [0.717, 1.165) is 21.4 Å². The molecule has 0 bridgehead atoms. The van der Waals surface area contributed by atoms with Crippen molar-refractivity contribution in [3.05, 3.63) is 35.8 Å². The van der Waals surface area contributed by atoms with E-state index in [1.54, 1.807) is 11.8 Å². The van der Waals surface area contributed by atoms with E-state index in [9.17, 15) is 0 Å². The van der Waals surface area contributed by atoms with Gasteiger partial charge in [-0.05, 0) is 18.6 Å². The van der Waals surface area contributed by atoms with E-state index in [0.29, 0.717) is 5.13 Å². The minimum absolute atomic E-state index is 0.503. The van der Waals surface area contributed by atoms with Crippen LogP contribution < -0.4 is 5.73 Å². The first-order valence-electron chi connectivity index (χ1n) is 5.37. The van der Waals surface area contributed by atoms with Crippen LogP contribution in [-0.4, -0.2) is 19.6 Å². The zero-order valence-corrected chi connectivity index (χ0v) is 11.3. The summed E-state index contributed by atoms with van der Waals surface area (Å²) in [6.45, 7) is 2.06. The number of hydrogen-bond acceptors (Lipinski definition) is 6. The zero-order valence-electron chi connectivity index (χ0n) is 9.70. The predicted molar refractivity (Wildman–Crippen MR) is 73.8 cm³/mol. The van der Waals surface area contributed by atoms with Gasteiger partial charge in [-0.2, -0.15) is 0 Å². The summed E-state index contributed by atoms with van der Waals surface area (Å²) in [5.41, 5.74) is 8.75. The lowest BCUT2D eigenvalue weighted by atomic mass is 10.3. The second kappa shape index (κ2) is 4.58. The molecule has 5 nitrogen and oxygen atoms in total. The highest BCUT2D eigenvalue weighted by Gasteiger charge is 2.06. The van der Waals surface area contributed by atoms with Gasteiger partial charge >= 0.3 is 0 Å². The number of thioether (sulfide) groups is 1. The van der Waals surface area contributed by atoms with E-state index in [4.69, 9.17) is 5.73 Å². The van der Waals surface area contributed by atoms with Crippen LogP contribution in [0.15, 0.2) is 28.9 Å². The molecule has 2 N–H and O–H groups in total. The van der Waals surface area contributed by atoms with Crippen LogP contribution in [0.2, 0.25) is 0 Å². The predicted octanol–water partition coefficient (Wildman–Crippen LogP) is 2.37. The Balaban J connectivity index is 1.81. The Morgan fingerprint density at radius 3 is 3.06 bits per heavy atom. The van der Waals surface area contributed by atoms with Crippen LogP contribution in [0.5, 0.6) is 0 Å². The molecule has 0 saturated heterocycles. The molecule has 3 rings (SSSR count). The number of nitrogen functional groups attached to an aromatic ring is 1. The van der Waals surface area contributed by atoms with E-state index in [1.165, 1.54) is 16.9 Å². The topological polar surface area (TPSA) is 69.1 Å². The molecule has 92 valence electrons. The molecular weight excluding hydrogens is 266 g/mol. The maximum Gasteiger partial charge on any atom is 0.203 e. The average Bonchev–Trinajstić information content (AvgIpc) is 2.93. The van der Waals surface area contributed by atoms with Crippen molar-refractivity contribution in [1.82, 2.24) is 19.6 Å². The molecule has 0 saturated carbocycles. The third-order valence-corrected chi connectivity index (χ3v) is 4.41. The number of aryl methyl sites for hydroxylation is 1. The molecule has 3 aromatic rings. The van der Waals surface area contributed by atoms with Crippen LogP contribution in [-0.2, 0) is 5.75 Å². The summed E-state index contributed by atoms with van der Waals surface area (Å²) in [4.78, 5) is 4.60. The van der Waals surface area contributed by atoms with E-state index < -0.39 is 0 Å². The summed E-state index contributed by atoms with van der Waals surface area (Å²) in [5, 5.41) is 8.26. The highest BCUT2D eigenvalue weighted by Crippen LogP contribution is 2.26. The van der Waals surface area contributed by atoms with Crippen LogP contribution in [0.1, 0.15) is 11.3 Å². The number of rotatable bonds is 3. The molecular formula is C11H11N5S2. The van der Waals surface area contributed by atoms with Gasteiger partial charge in [0, 0.05) is 18.1 Å². The van der Waals surface area contributed by atoms with E-state index >= 15 is 0 Å². The quantitative estimate of drug-likeness (QED) is 0.744. The van der Waals surface area contributed by atoms with Crippen LogP contribution in [0, 0.1) is 6.92 Å². The van der Waals surface area contributed by atoms with Crippen molar-refractivity contribution < 1.29 is 0 Å². The molecule has 0 amide bonds. The van der Waals surface area contributed by atoms with Crippen molar-refractivity contribution in [1.29, 1.82) is 0 Å². The summed E-state index contributed by atoms with van der Waals surface area (Å²) in [6, 6.07) is 4.08. The van der Waals surface area contributed by atoms with E-state index in [1.807, 2.05) is 22.9 Å². The second-order valence-electron chi connectivity index (χ2n) is 3.85. The molecule has 0 fully saturated rings. The minimum Gasteiger partial charge on any atom is -0.374 e. The van der Waals surface area contributed by atoms with Crippen molar-refractivity contribution in [2.75, 3.05) is 5.73 Å². The Hall–Kier alpha value is -1.60. The fourth-order valence-electron chi connectivity index (χ4n) is 1.69. The summed E-state index contributed by atoms with van der Waals surface area (Å²) < 4.78 is 2.92. The highest BCUT2D eigenvalue weighted by molar-refractivity contribution is 8.00. The summed E-state index contributed by atoms with van der Waals surface area (Å²) in [5.74, 6) is 0.774. The van der Waals surface area contributed by atoms with Gasteiger partial charge in [-0.25, -0.2) is 4.98 Å².